The van der Waals surface area contributed by atoms with Crippen LogP contribution < -0.4 is 0 Å². The van der Waals surface area contributed by atoms with E-state index >= 15 is 0 Å². The summed E-state index contributed by atoms with van der Waals surface area (Å²) >= 11 is 0. The summed E-state index contributed by atoms with van der Waals surface area (Å²) in [5.41, 5.74) is 0. The van der Waals surface area contributed by atoms with Crippen molar-refractivity contribution in [1.29, 1.82) is 0 Å². The van der Waals surface area contributed by atoms with Crippen molar-refractivity contribution in [3.05, 3.63) is 0 Å². The third-order valence-corrected chi connectivity index (χ3v) is 4.37. The lowest BCUT2D eigenvalue weighted by molar-refractivity contribution is 0.0784. The van der Waals surface area contributed by atoms with Gasteiger partial charge in [-0.05, 0) is 0 Å². The normalized spacial score (nSPS) is 29.3. The van der Waals surface area contributed by atoms with Gasteiger partial charge in [-0.2, -0.15) is 0 Å². The Kier molecular flexibility index (Phi) is 3.83. The molecule has 0 aromatic heterocycles. The van der Waals surface area contributed by atoms with Gasteiger partial charge in [0.25, 0.3) is 0 Å². The van der Waals surface area contributed by atoms with E-state index in [9.17, 15) is 34.4 Å². The highest BCUT2D eigenvalue weighted by Crippen LogP contribution is 2.21. The third-order valence-electron chi connectivity index (χ3n) is 1.73. The highest BCUT2D eigenvalue weighted by molar-refractivity contribution is 7.91. The second kappa shape index (κ2) is 4.42. The van der Waals surface area contributed by atoms with E-state index in [1.807, 2.05) is 0 Å². The Morgan fingerprint density at radius 1 is 0.882 bits per heavy atom. The Hall–Kier alpha value is -0.310. The fourth-order valence-corrected chi connectivity index (χ4v) is 4.13. The molecular weight excluding hydrogens is 304 g/mol. The molecule has 0 aliphatic carbocycles. The van der Waals surface area contributed by atoms with Crippen molar-refractivity contribution in [1.82, 2.24) is 0 Å². The van der Waals surface area contributed by atoms with Crippen LogP contribution in [0.25, 0.3) is 0 Å². The average Bonchev–Trinajstić information content (AvgIpc) is 2.17. The average molecular weight is 310 g/mol. The summed E-state index contributed by atoms with van der Waals surface area (Å²) < 4.78 is 91.3. The predicted molar refractivity (Wildman–Crippen MR) is 47.8 cm³/mol. The maximum absolute atomic E-state index is 11.1. The van der Waals surface area contributed by atoms with Gasteiger partial charge in [0.1, 0.15) is 12.2 Å². The third kappa shape index (κ3) is 5.24. The van der Waals surface area contributed by atoms with E-state index in [1.54, 1.807) is 0 Å². The molecule has 0 amide bonds. The SMILES string of the molecule is O=S1(=O)CC(OS(=O)(=O)[O-])C(OS(=O)(=O)[O-])C1. The van der Waals surface area contributed by atoms with Crippen LogP contribution in [-0.2, 0) is 39.0 Å². The van der Waals surface area contributed by atoms with Crippen LogP contribution in [0.1, 0.15) is 0 Å². The van der Waals surface area contributed by atoms with Crippen molar-refractivity contribution in [2.75, 3.05) is 11.5 Å². The van der Waals surface area contributed by atoms with Gasteiger partial charge in [0.15, 0.2) is 9.84 Å². The van der Waals surface area contributed by atoms with Crippen molar-refractivity contribution in [2.24, 2.45) is 0 Å². The Bertz CT molecular complexity index is 533. The summed E-state index contributed by atoms with van der Waals surface area (Å²) in [5.74, 6) is -1.84. The highest BCUT2D eigenvalue weighted by atomic mass is 32.3. The van der Waals surface area contributed by atoms with Crippen LogP contribution in [0.5, 0.6) is 0 Å². The van der Waals surface area contributed by atoms with Crippen LogP contribution in [-0.4, -0.2) is 58.1 Å². The van der Waals surface area contributed by atoms with Crippen molar-refractivity contribution < 1.29 is 42.7 Å². The minimum atomic E-state index is -5.24. The monoisotopic (exact) mass is 310 g/mol. The van der Waals surface area contributed by atoms with E-state index in [-0.39, 0.29) is 0 Å². The van der Waals surface area contributed by atoms with Gasteiger partial charge >= 0.3 is 0 Å². The molecule has 17 heavy (non-hydrogen) atoms. The van der Waals surface area contributed by atoms with Crippen molar-refractivity contribution in [2.45, 2.75) is 12.2 Å². The van der Waals surface area contributed by atoms with E-state index in [0.29, 0.717) is 0 Å². The largest absolute Gasteiger partial charge is 0.726 e. The molecule has 0 spiro atoms. The van der Waals surface area contributed by atoms with E-state index in [2.05, 4.69) is 8.37 Å². The fraction of sp³-hybridized carbons (Fsp3) is 1.00. The van der Waals surface area contributed by atoms with Crippen LogP contribution >= 0.6 is 0 Å². The highest BCUT2D eigenvalue weighted by Gasteiger charge is 2.42. The standard InChI is InChI=1S/C4H8O10S3/c5-15(6)1-3(13-16(7,8)9)4(2-15)14-17(10,11)12/h3-4H,1-2H2,(H,7,8,9)(H,10,11,12)/p-2. The summed E-state index contributed by atoms with van der Waals surface area (Å²) in [4.78, 5) is 0. The van der Waals surface area contributed by atoms with Crippen molar-refractivity contribution in [3.8, 4) is 0 Å². The lowest BCUT2D eigenvalue weighted by atomic mass is 10.3. The first kappa shape index (κ1) is 14.7. The first-order valence-electron chi connectivity index (χ1n) is 3.87. The molecular formula is C4H6O10S3-2. The Morgan fingerprint density at radius 2 is 1.18 bits per heavy atom. The number of rotatable bonds is 4. The maximum atomic E-state index is 11.1. The summed E-state index contributed by atoms with van der Waals surface area (Å²) in [5, 5.41) is 0. The van der Waals surface area contributed by atoms with Gasteiger partial charge in [-0.1, -0.05) is 0 Å². The van der Waals surface area contributed by atoms with Gasteiger partial charge in [0.05, 0.1) is 11.5 Å². The molecule has 0 aromatic carbocycles. The molecule has 1 heterocycles. The second-order valence-corrected chi connectivity index (χ2v) is 7.33. The lowest BCUT2D eigenvalue weighted by Gasteiger charge is -2.20. The Balaban J connectivity index is 2.94. The van der Waals surface area contributed by atoms with Gasteiger partial charge in [-0.25, -0.2) is 25.3 Å². The van der Waals surface area contributed by atoms with Crippen LogP contribution in [0.4, 0.5) is 0 Å². The molecule has 13 heteroatoms. The molecule has 0 N–H and O–H groups in total. The number of hydrogen-bond acceptors (Lipinski definition) is 10. The molecule has 1 rings (SSSR count). The molecule has 2 atom stereocenters. The van der Waals surface area contributed by atoms with Gasteiger partial charge < -0.3 is 9.11 Å². The summed E-state index contributed by atoms with van der Waals surface area (Å²) in [6.07, 6.45) is -3.68. The first-order chi connectivity index (χ1) is 7.38. The molecule has 0 bridgehead atoms. The zero-order valence-electron chi connectivity index (χ0n) is 7.88. The van der Waals surface area contributed by atoms with Crippen molar-refractivity contribution >= 4 is 30.6 Å². The quantitative estimate of drug-likeness (QED) is 0.388. The molecule has 0 radical (unpaired) electrons. The molecule has 1 saturated heterocycles. The van der Waals surface area contributed by atoms with Crippen LogP contribution in [0, 0.1) is 0 Å². The van der Waals surface area contributed by atoms with Gasteiger partial charge in [-0.15, -0.1) is 0 Å². The second-order valence-electron chi connectivity index (χ2n) is 3.16. The molecule has 1 aliphatic rings. The summed E-state index contributed by atoms with van der Waals surface area (Å²) in [7, 11) is -14.3. The minimum absolute atomic E-state index is 0.922. The molecule has 0 saturated carbocycles. The van der Waals surface area contributed by atoms with E-state index < -0.39 is 54.3 Å². The van der Waals surface area contributed by atoms with E-state index in [4.69, 9.17) is 0 Å². The number of hydrogen-bond donors (Lipinski definition) is 0. The zero-order chi connectivity index (χ0) is 13.5. The molecule has 1 aliphatic heterocycles. The van der Waals surface area contributed by atoms with E-state index in [1.165, 1.54) is 0 Å². The Labute approximate surface area is 97.4 Å². The molecule has 10 nitrogen and oxygen atoms in total. The fourth-order valence-electron chi connectivity index (χ4n) is 1.27. The first-order valence-corrected chi connectivity index (χ1v) is 8.35. The topological polar surface area (TPSA) is 167 Å². The molecule has 0 aromatic rings. The van der Waals surface area contributed by atoms with E-state index in [0.717, 1.165) is 0 Å². The molecule has 1 fully saturated rings. The van der Waals surface area contributed by atoms with Crippen LogP contribution in [0.2, 0.25) is 0 Å². The molecule has 102 valence electrons. The Morgan fingerprint density at radius 3 is 1.41 bits per heavy atom. The summed E-state index contributed by atoms with van der Waals surface area (Å²) in [6.45, 7) is 0. The zero-order valence-corrected chi connectivity index (χ0v) is 10.3. The molecule has 2 unspecified atom stereocenters. The van der Waals surface area contributed by atoms with Gasteiger partial charge in [0, 0.05) is 0 Å². The van der Waals surface area contributed by atoms with Crippen molar-refractivity contribution in [3.63, 3.8) is 0 Å². The lowest BCUT2D eigenvalue weighted by Crippen LogP contribution is -2.33. The van der Waals surface area contributed by atoms with Gasteiger partial charge in [-0.3, -0.25) is 8.37 Å². The minimum Gasteiger partial charge on any atom is -0.726 e. The van der Waals surface area contributed by atoms with Gasteiger partial charge in [0.2, 0.25) is 20.8 Å². The van der Waals surface area contributed by atoms with Crippen LogP contribution in [0.15, 0.2) is 0 Å². The maximum Gasteiger partial charge on any atom is 0.218 e. The predicted octanol–water partition coefficient (Wildman–Crippen LogP) is -2.89. The van der Waals surface area contributed by atoms with Crippen LogP contribution in [0.3, 0.4) is 0 Å². The summed E-state index contributed by atoms with van der Waals surface area (Å²) in [6, 6.07) is 0. The smallest absolute Gasteiger partial charge is 0.218 e. The number of sulfone groups is 1.